The van der Waals surface area contributed by atoms with Crippen LogP contribution in [0.5, 0.6) is 0 Å². The average molecular weight is 268 g/mol. The zero-order valence-electron chi connectivity index (χ0n) is 12.7. The van der Waals surface area contributed by atoms with Gasteiger partial charge < -0.3 is 10.6 Å². The van der Waals surface area contributed by atoms with E-state index in [1.807, 2.05) is 10.9 Å². The highest BCUT2D eigenvalue weighted by atomic mass is 15.4. The molecule has 0 aliphatic rings. The predicted octanol–water partition coefficient (Wildman–Crippen LogP) is 0.256. The van der Waals surface area contributed by atoms with E-state index in [0.29, 0.717) is 12.5 Å². The SMILES string of the molecule is CC(C)CN(CCN(C)C)CCn1cc(CN)nn1. The summed E-state index contributed by atoms with van der Waals surface area (Å²) in [5, 5.41) is 8.09. The molecule has 1 aromatic heterocycles. The summed E-state index contributed by atoms with van der Waals surface area (Å²) in [4.78, 5) is 4.70. The maximum Gasteiger partial charge on any atom is 0.0962 e. The molecule has 0 unspecified atom stereocenters. The molecule has 2 N–H and O–H groups in total. The summed E-state index contributed by atoms with van der Waals surface area (Å²) in [6.45, 7) is 10.1. The van der Waals surface area contributed by atoms with Crippen LogP contribution in [0.3, 0.4) is 0 Å². The monoisotopic (exact) mass is 268 g/mol. The van der Waals surface area contributed by atoms with Gasteiger partial charge in [-0.05, 0) is 20.0 Å². The first-order valence-electron chi connectivity index (χ1n) is 6.97. The van der Waals surface area contributed by atoms with Gasteiger partial charge in [-0.2, -0.15) is 0 Å². The van der Waals surface area contributed by atoms with Gasteiger partial charge in [-0.25, -0.2) is 0 Å². The molecule has 0 bridgehead atoms. The van der Waals surface area contributed by atoms with Crippen LogP contribution in [0.25, 0.3) is 0 Å². The van der Waals surface area contributed by atoms with E-state index in [1.54, 1.807) is 0 Å². The van der Waals surface area contributed by atoms with E-state index in [0.717, 1.165) is 38.4 Å². The zero-order chi connectivity index (χ0) is 14.3. The molecule has 1 heterocycles. The molecular weight excluding hydrogens is 240 g/mol. The Bertz CT molecular complexity index is 347. The summed E-state index contributed by atoms with van der Waals surface area (Å²) in [5.41, 5.74) is 6.38. The fourth-order valence-electron chi connectivity index (χ4n) is 1.94. The Hall–Kier alpha value is -0.980. The van der Waals surface area contributed by atoms with Gasteiger partial charge in [0.25, 0.3) is 0 Å². The van der Waals surface area contributed by atoms with Crippen LogP contribution in [0.15, 0.2) is 6.20 Å². The minimum Gasteiger partial charge on any atom is -0.325 e. The van der Waals surface area contributed by atoms with Gasteiger partial charge in [0.15, 0.2) is 0 Å². The minimum atomic E-state index is 0.455. The Labute approximate surface area is 116 Å². The van der Waals surface area contributed by atoms with Crippen molar-refractivity contribution >= 4 is 0 Å². The van der Waals surface area contributed by atoms with Crippen molar-refractivity contribution in [2.75, 3.05) is 40.3 Å². The summed E-state index contributed by atoms with van der Waals surface area (Å²) in [6, 6.07) is 0. The third-order valence-electron chi connectivity index (χ3n) is 2.93. The summed E-state index contributed by atoms with van der Waals surface area (Å²) < 4.78 is 1.88. The van der Waals surface area contributed by atoms with E-state index in [2.05, 4.69) is 48.1 Å². The van der Waals surface area contributed by atoms with Crippen molar-refractivity contribution in [1.29, 1.82) is 0 Å². The molecule has 1 rings (SSSR count). The predicted molar refractivity (Wildman–Crippen MR) is 77.7 cm³/mol. The fraction of sp³-hybridized carbons (Fsp3) is 0.846. The third-order valence-corrected chi connectivity index (χ3v) is 2.93. The topological polar surface area (TPSA) is 63.2 Å². The van der Waals surface area contributed by atoms with Gasteiger partial charge in [-0.15, -0.1) is 5.10 Å². The van der Waals surface area contributed by atoms with E-state index in [4.69, 9.17) is 5.73 Å². The normalized spacial score (nSPS) is 12.0. The van der Waals surface area contributed by atoms with Crippen LogP contribution in [-0.4, -0.2) is 65.1 Å². The van der Waals surface area contributed by atoms with Gasteiger partial charge in [0.2, 0.25) is 0 Å². The quantitative estimate of drug-likeness (QED) is 0.696. The first-order chi connectivity index (χ1) is 9.01. The molecule has 19 heavy (non-hydrogen) atoms. The number of nitrogens with two attached hydrogens (primary N) is 1. The molecule has 110 valence electrons. The Morgan fingerprint density at radius 3 is 2.53 bits per heavy atom. The minimum absolute atomic E-state index is 0.455. The highest BCUT2D eigenvalue weighted by Crippen LogP contribution is 2.00. The third kappa shape index (κ3) is 6.66. The number of hydrogen-bond donors (Lipinski definition) is 1. The molecular formula is C13H28N6. The maximum atomic E-state index is 5.53. The van der Waals surface area contributed by atoms with Crippen LogP contribution >= 0.6 is 0 Å². The first kappa shape index (κ1) is 16.1. The molecule has 0 aliphatic heterocycles. The Morgan fingerprint density at radius 2 is 2.00 bits per heavy atom. The molecule has 0 atom stereocenters. The number of likely N-dealkylation sites (N-methyl/N-ethyl adjacent to an activating group) is 1. The highest BCUT2D eigenvalue weighted by molar-refractivity contribution is 4.90. The smallest absolute Gasteiger partial charge is 0.0962 e. The van der Waals surface area contributed by atoms with E-state index in [1.165, 1.54) is 0 Å². The largest absolute Gasteiger partial charge is 0.325 e. The van der Waals surface area contributed by atoms with Crippen molar-refractivity contribution < 1.29 is 0 Å². The van der Waals surface area contributed by atoms with Crippen molar-refractivity contribution in [1.82, 2.24) is 24.8 Å². The van der Waals surface area contributed by atoms with Crippen LogP contribution in [0.2, 0.25) is 0 Å². The second-order valence-electron chi connectivity index (χ2n) is 5.67. The Balaban J connectivity index is 2.42. The second-order valence-corrected chi connectivity index (χ2v) is 5.67. The van der Waals surface area contributed by atoms with Gasteiger partial charge in [0.05, 0.1) is 12.2 Å². The van der Waals surface area contributed by atoms with Crippen molar-refractivity contribution in [3.8, 4) is 0 Å². The molecule has 1 aromatic rings. The van der Waals surface area contributed by atoms with Gasteiger partial charge in [-0.1, -0.05) is 19.1 Å². The number of hydrogen-bond acceptors (Lipinski definition) is 5. The Morgan fingerprint density at radius 1 is 1.26 bits per heavy atom. The molecule has 0 aliphatic carbocycles. The van der Waals surface area contributed by atoms with Crippen molar-refractivity contribution in [3.05, 3.63) is 11.9 Å². The molecule has 0 saturated heterocycles. The summed E-state index contributed by atoms with van der Waals surface area (Å²) in [6.07, 6.45) is 1.93. The van der Waals surface area contributed by atoms with E-state index in [9.17, 15) is 0 Å². The van der Waals surface area contributed by atoms with Gasteiger partial charge in [0, 0.05) is 38.9 Å². The lowest BCUT2D eigenvalue weighted by atomic mass is 10.2. The van der Waals surface area contributed by atoms with Gasteiger partial charge >= 0.3 is 0 Å². The van der Waals surface area contributed by atoms with E-state index < -0.39 is 0 Å². The van der Waals surface area contributed by atoms with E-state index in [-0.39, 0.29) is 0 Å². The zero-order valence-corrected chi connectivity index (χ0v) is 12.7. The summed E-state index contributed by atoms with van der Waals surface area (Å²) >= 11 is 0. The molecule has 0 amide bonds. The fourth-order valence-corrected chi connectivity index (χ4v) is 1.94. The lowest BCUT2D eigenvalue weighted by Crippen LogP contribution is -2.36. The van der Waals surface area contributed by atoms with Crippen molar-refractivity contribution in [3.63, 3.8) is 0 Å². The number of rotatable bonds is 9. The molecule has 0 aromatic carbocycles. The molecule has 0 spiro atoms. The van der Waals surface area contributed by atoms with Crippen molar-refractivity contribution in [2.24, 2.45) is 11.7 Å². The van der Waals surface area contributed by atoms with Crippen LogP contribution in [-0.2, 0) is 13.1 Å². The molecule has 0 fully saturated rings. The highest BCUT2D eigenvalue weighted by Gasteiger charge is 2.08. The maximum absolute atomic E-state index is 5.53. The Kier molecular flexibility index (Phi) is 6.97. The van der Waals surface area contributed by atoms with Crippen LogP contribution in [0.4, 0.5) is 0 Å². The lowest BCUT2D eigenvalue weighted by Gasteiger charge is -2.25. The molecule has 0 radical (unpaired) electrons. The standard InChI is InChI=1S/C13H28N6/c1-12(2)10-18(6-5-17(3)4)7-8-19-11-13(9-14)15-16-19/h11-12H,5-10,14H2,1-4H3. The average Bonchev–Trinajstić information content (AvgIpc) is 2.80. The molecule has 0 saturated carbocycles. The first-order valence-corrected chi connectivity index (χ1v) is 6.97. The molecule has 6 heteroatoms. The van der Waals surface area contributed by atoms with Crippen molar-refractivity contribution in [2.45, 2.75) is 26.9 Å². The van der Waals surface area contributed by atoms with Gasteiger partial charge in [0.1, 0.15) is 0 Å². The number of nitrogens with zero attached hydrogens (tertiary/aromatic N) is 5. The summed E-state index contributed by atoms with van der Waals surface area (Å²) in [7, 11) is 4.22. The molecule has 6 nitrogen and oxygen atoms in total. The lowest BCUT2D eigenvalue weighted by molar-refractivity contribution is 0.209. The summed E-state index contributed by atoms with van der Waals surface area (Å²) in [5.74, 6) is 0.678. The van der Waals surface area contributed by atoms with Gasteiger partial charge in [-0.3, -0.25) is 9.58 Å². The van der Waals surface area contributed by atoms with Crippen LogP contribution in [0.1, 0.15) is 19.5 Å². The van der Waals surface area contributed by atoms with Crippen LogP contribution in [0, 0.1) is 5.92 Å². The second kappa shape index (κ2) is 8.24. The number of aromatic nitrogens is 3. The van der Waals surface area contributed by atoms with E-state index >= 15 is 0 Å². The van der Waals surface area contributed by atoms with Crippen LogP contribution < -0.4 is 5.73 Å².